The first kappa shape index (κ1) is 13.3. The summed E-state index contributed by atoms with van der Waals surface area (Å²) in [5, 5.41) is 8.80. The Kier molecular flexibility index (Phi) is 4.00. The van der Waals surface area contributed by atoms with Crippen LogP contribution in [0.4, 0.5) is 5.00 Å². The zero-order chi connectivity index (χ0) is 13.2. The Morgan fingerprint density at radius 1 is 1.32 bits per heavy atom. The van der Waals surface area contributed by atoms with E-state index < -0.39 is 0 Å². The summed E-state index contributed by atoms with van der Waals surface area (Å²) in [6.45, 7) is 6.36. The van der Waals surface area contributed by atoms with Crippen molar-refractivity contribution >= 4 is 16.5 Å². The smallest absolute Gasteiger partial charge is 0.134 e. The van der Waals surface area contributed by atoms with Crippen molar-refractivity contribution < 1.29 is 0 Å². The van der Waals surface area contributed by atoms with Crippen LogP contribution >= 0.6 is 11.5 Å². The number of nitrogens with zero attached hydrogens (tertiary/aromatic N) is 4. The molecule has 0 radical (unpaired) electrons. The molecule has 106 valence electrons. The monoisotopic (exact) mass is 281 g/mol. The summed E-state index contributed by atoms with van der Waals surface area (Å²) in [5.41, 5.74) is 1.12. The van der Waals surface area contributed by atoms with Gasteiger partial charge in [-0.3, -0.25) is 9.80 Å². The quantitative estimate of drug-likeness (QED) is 0.909. The minimum absolute atomic E-state index is 0.738. The molecule has 0 spiro atoms. The summed E-state index contributed by atoms with van der Waals surface area (Å²) in [4.78, 5) is 5.14. The molecule has 2 aliphatic rings. The summed E-state index contributed by atoms with van der Waals surface area (Å²) in [5.74, 6) is 0. The molecule has 2 atom stereocenters. The average molecular weight is 281 g/mol. The topological polar surface area (TPSA) is 44.3 Å². The van der Waals surface area contributed by atoms with Crippen LogP contribution in [0.5, 0.6) is 0 Å². The summed E-state index contributed by atoms with van der Waals surface area (Å²) in [6, 6.07) is 1.54. The number of anilines is 1. The number of hydrogen-bond acceptors (Lipinski definition) is 6. The second-order valence-electron chi connectivity index (χ2n) is 5.65. The van der Waals surface area contributed by atoms with E-state index in [4.69, 9.17) is 0 Å². The minimum Gasteiger partial charge on any atom is -0.374 e. The fourth-order valence-corrected chi connectivity index (χ4v) is 3.98. The molecule has 1 aromatic rings. The molecule has 19 heavy (non-hydrogen) atoms. The maximum Gasteiger partial charge on any atom is 0.134 e. The second kappa shape index (κ2) is 5.73. The largest absolute Gasteiger partial charge is 0.374 e. The SMILES string of the molecule is CCNc1snnc1CN1CCC2CCC(C1)N2C. The summed E-state index contributed by atoms with van der Waals surface area (Å²) in [6.07, 6.45) is 4.03. The molecule has 3 rings (SSSR count). The minimum atomic E-state index is 0.738. The summed E-state index contributed by atoms with van der Waals surface area (Å²) < 4.78 is 4.08. The van der Waals surface area contributed by atoms with Gasteiger partial charge >= 0.3 is 0 Å². The molecule has 0 aromatic carbocycles. The van der Waals surface area contributed by atoms with E-state index in [-0.39, 0.29) is 0 Å². The van der Waals surface area contributed by atoms with Gasteiger partial charge in [-0.25, -0.2) is 0 Å². The third-order valence-corrected chi connectivity index (χ3v) is 5.22. The molecule has 2 bridgehead atoms. The van der Waals surface area contributed by atoms with Gasteiger partial charge in [-0.05, 0) is 33.2 Å². The van der Waals surface area contributed by atoms with Crippen LogP contribution in [0.25, 0.3) is 0 Å². The lowest BCUT2D eigenvalue weighted by atomic mass is 10.1. The van der Waals surface area contributed by atoms with E-state index in [1.54, 1.807) is 0 Å². The van der Waals surface area contributed by atoms with Gasteiger partial charge in [-0.2, -0.15) is 0 Å². The zero-order valence-electron chi connectivity index (χ0n) is 11.8. The van der Waals surface area contributed by atoms with Crippen molar-refractivity contribution in [2.75, 3.05) is 32.0 Å². The third kappa shape index (κ3) is 2.75. The van der Waals surface area contributed by atoms with E-state index in [1.165, 1.54) is 43.9 Å². The lowest BCUT2D eigenvalue weighted by molar-refractivity contribution is 0.213. The number of nitrogens with one attached hydrogen (secondary N) is 1. The Morgan fingerprint density at radius 2 is 2.16 bits per heavy atom. The molecule has 1 aromatic heterocycles. The standard InChI is InChI=1S/C13H23N5S/c1-3-14-13-12(15-16-19-13)9-18-7-6-10-4-5-11(8-18)17(10)2/h10-11,14H,3-9H2,1-2H3. The molecule has 2 unspecified atom stereocenters. The van der Waals surface area contributed by atoms with E-state index in [9.17, 15) is 0 Å². The van der Waals surface area contributed by atoms with Gasteiger partial charge in [-0.15, -0.1) is 5.10 Å². The molecule has 2 saturated heterocycles. The van der Waals surface area contributed by atoms with Crippen LogP contribution < -0.4 is 5.32 Å². The van der Waals surface area contributed by atoms with E-state index in [0.29, 0.717) is 0 Å². The molecule has 0 amide bonds. The second-order valence-corrected chi connectivity index (χ2v) is 6.41. The van der Waals surface area contributed by atoms with Crippen molar-refractivity contribution in [3.63, 3.8) is 0 Å². The Labute approximate surface area is 119 Å². The zero-order valence-corrected chi connectivity index (χ0v) is 12.6. The Balaban J connectivity index is 1.65. The first-order valence-electron chi connectivity index (χ1n) is 7.27. The highest BCUT2D eigenvalue weighted by Crippen LogP contribution is 2.29. The van der Waals surface area contributed by atoms with Crippen LogP contribution in [0.1, 0.15) is 31.9 Å². The number of rotatable bonds is 4. The van der Waals surface area contributed by atoms with Gasteiger partial charge in [0.05, 0.1) is 0 Å². The van der Waals surface area contributed by atoms with Crippen molar-refractivity contribution in [1.29, 1.82) is 0 Å². The predicted molar refractivity (Wildman–Crippen MR) is 78.5 cm³/mol. The number of aromatic nitrogens is 2. The highest BCUT2D eigenvalue weighted by molar-refractivity contribution is 7.10. The molecule has 2 fully saturated rings. The Morgan fingerprint density at radius 3 is 3.00 bits per heavy atom. The molecule has 0 aliphatic carbocycles. The lowest BCUT2D eigenvalue weighted by Gasteiger charge is -2.25. The Hall–Kier alpha value is -0.720. The molecule has 2 aliphatic heterocycles. The maximum absolute atomic E-state index is 4.29. The number of likely N-dealkylation sites (N-methyl/N-ethyl adjacent to an activating group) is 1. The van der Waals surface area contributed by atoms with Crippen molar-refractivity contribution in [2.45, 2.75) is 44.8 Å². The van der Waals surface area contributed by atoms with Gasteiger partial charge in [0.1, 0.15) is 10.7 Å². The van der Waals surface area contributed by atoms with E-state index in [0.717, 1.165) is 35.9 Å². The summed E-state index contributed by atoms with van der Waals surface area (Å²) in [7, 11) is 2.29. The van der Waals surface area contributed by atoms with Gasteiger partial charge in [0.2, 0.25) is 0 Å². The fraction of sp³-hybridized carbons (Fsp3) is 0.846. The van der Waals surface area contributed by atoms with E-state index in [1.807, 2.05) is 0 Å². The first-order valence-corrected chi connectivity index (χ1v) is 8.04. The van der Waals surface area contributed by atoms with Crippen LogP contribution in [-0.2, 0) is 6.54 Å². The van der Waals surface area contributed by atoms with Crippen molar-refractivity contribution in [2.24, 2.45) is 0 Å². The molecule has 3 heterocycles. The number of fused-ring (bicyclic) bond motifs is 2. The molecular weight excluding hydrogens is 258 g/mol. The lowest BCUT2D eigenvalue weighted by Crippen LogP contribution is -2.36. The summed E-state index contributed by atoms with van der Waals surface area (Å²) >= 11 is 1.47. The predicted octanol–water partition coefficient (Wildman–Crippen LogP) is 1.64. The molecule has 5 nitrogen and oxygen atoms in total. The van der Waals surface area contributed by atoms with Crippen LogP contribution in [0, 0.1) is 0 Å². The van der Waals surface area contributed by atoms with Gasteiger partial charge in [-0.1, -0.05) is 4.49 Å². The fourth-order valence-electron chi connectivity index (χ4n) is 3.34. The maximum atomic E-state index is 4.29. The third-order valence-electron chi connectivity index (χ3n) is 4.50. The van der Waals surface area contributed by atoms with Gasteiger partial charge < -0.3 is 5.32 Å². The van der Waals surface area contributed by atoms with Gasteiger partial charge in [0, 0.05) is 49.8 Å². The number of likely N-dealkylation sites (tertiary alicyclic amines) is 1. The van der Waals surface area contributed by atoms with E-state index >= 15 is 0 Å². The molecule has 6 heteroatoms. The van der Waals surface area contributed by atoms with Crippen LogP contribution in [0.15, 0.2) is 0 Å². The number of hydrogen-bond donors (Lipinski definition) is 1. The van der Waals surface area contributed by atoms with Gasteiger partial charge in [0.25, 0.3) is 0 Å². The molecule has 0 saturated carbocycles. The van der Waals surface area contributed by atoms with Crippen LogP contribution in [0.3, 0.4) is 0 Å². The van der Waals surface area contributed by atoms with Crippen LogP contribution in [-0.4, -0.2) is 58.2 Å². The van der Waals surface area contributed by atoms with Crippen molar-refractivity contribution in [1.82, 2.24) is 19.4 Å². The van der Waals surface area contributed by atoms with Gasteiger partial charge in [0.15, 0.2) is 0 Å². The van der Waals surface area contributed by atoms with Crippen molar-refractivity contribution in [3.05, 3.63) is 5.69 Å². The molecule has 1 N–H and O–H groups in total. The average Bonchev–Trinajstić information content (AvgIpc) is 2.90. The van der Waals surface area contributed by atoms with Crippen molar-refractivity contribution in [3.8, 4) is 0 Å². The first-order chi connectivity index (χ1) is 9.28. The van der Waals surface area contributed by atoms with Crippen LogP contribution in [0.2, 0.25) is 0 Å². The highest BCUT2D eigenvalue weighted by atomic mass is 32.1. The highest BCUT2D eigenvalue weighted by Gasteiger charge is 2.34. The normalized spacial score (nSPS) is 28.5. The van der Waals surface area contributed by atoms with E-state index in [2.05, 4.69) is 38.7 Å². The molecular formula is C13H23N5S. The Bertz CT molecular complexity index is 421.